The summed E-state index contributed by atoms with van der Waals surface area (Å²) in [6.07, 6.45) is 5.27. The Morgan fingerprint density at radius 2 is 1.94 bits per heavy atom. The van der Waals surface area contributed by atoms with Gasteiger partial charge in [-0.2, -0.15) is 0 Å². The fourth-order valence-corrected chi connectivity index (χ4v) is 3.37. The first-order valence-electron chi connectivity index (χ1n) is 6.75. The maximum atomic E-state index is 9.80. The van der Waals surface area contributed by atoms with Gasteiger partial charge < -0.3 is 15.1 Å². The van der Waals surface area contributed by atoms with Crippen molar-refractivity contribution in [2.75, 3.05) is 4.90 Å². The number of fused-ring (bicyclic) bond motifs is 2. The lowest BCUT2D eigenvalue weighted by Crippen LogP contribution is -2.44. The molecule has 3 heterocycles. The highest BCUT2D eigenvalue weighted by atomic mass is 16.3. The zero-order valence-corrected chi connectivity index (χ0v) is 10.7. The molecule has 2 unspecified atom stereocenters. The molecule has 0 amide bonds. The van der Waals surface area contributed by atoms with Crippen molar-refractivity contribution in [3.63, 3.8) is 0 Å². The Morgan fingerprint density at radius 3 is 2.44 bits per heavy atom. The first-order chi connectivity index (χ1) is 8.65. The molecule has 0 radical (unpaired) electrons. The molecule has 4 heteroatoms. The van der Waals surface area contributed by atoms with Gasteiger partial charge in [-0.05, 0) is 44.7 Å². The lowest BCUT2D eigenvalue weighted by molar-refractivity contribution is 0.126. The van der Waals surface area contributed by atoms with Gasteiger partial charge in [-0.1, -0.05) is 0 Å². The van der Waals surface area contributed by atoms with Crippen LogP contribution in [0.15, 0.2) is 18.3 Å². The van der Waals surface area contributed by atoms with Gasteiger partial charge >= 0.3 is 0 Å². The Hall–Kier alpha value is -1.13. The first-order valence-corrected chi connectivity index (χ1v) is 6.75. The largest absolute Gasteiger partial charge is 0.393 e. The molecule has 2 saturated heterocycles. The van der Waals surface area contributed by atoms with Gasteiger partial charge in [0.15, 0.2) is 0 Å². The summed E-state index contributed by atoms with van der Waals surface area (Å²) in [5.41, 5.74) is 1.84. The molecular formula is C14H20N2O2. The van der Waals surface area contributed by atoms with Crippen molar-refractivity contribution in [1.29, 1.82) is 0 Å². The van der Waals surface area contributed by atoms with Crippen molar-refractivity contribution in [1.82, 2.24) is 4.98 Å². The van der Waals surface area contributed by atoms with Gasteiger partial charge in [0.2, 0.25) is 0 Å². The Labute approximate surface area is 107 Å². The topological polar surface area (TPSA) is 56.6 Å². The summed E-state index contributed by atoms with van der Waals surface area (Å²) in [4.78, 5) is 6.72. The van der Waals surface area contributed by atoms with Gasteiger partial charge in [-0.15, -0.1) is 0 Å². The van der Waals surface area contributed by atoms with E-state index in [1.165, 1.54) is 12.8 Å². The molecule has 98 valence electrons. The van der Waals surface area contributed by atoms with E-state index >= 15 is 0 Å². The molecule has 2 aliphatic rings. The lowest BCUT2D eigenvalue weighted by atomic mass is 9.99. The van der Waals surface area contributed by atoms with Crippen molar-refractivity contribution in [3.8, 4) is 0 Å². The number of hydrogen-bond acceptors (Lipinski definition) is 4. The number of anilines is 1. The van der Waals surface area contributed by atoms with Crippen LogP contribution >= 0.6 is 0 Å². The Kier molecular flexibility index (Phi) is 2.99. The van der Waals surface area contributed by atoms with E-state index in [2.05, 4.69) is 9.88 Å². The van der Waals surface area contributed by atoms with E-state index in [-0.39, 0.29) is 6.10 Å². The summed E-state index contributed by atoms with van der Waals surface area (Å²) in [6.45, 7) is 1.73. The van der Waals surface area contributed by atoms with Crippen molar-refractivity contribution >= 4 is 5.69 Å². The number of aliphatic hydroxyl groups excluding tert-OH is 2. The Balaban J connectivity index is 1.83. The minimum atomic E-state index is -0.515. The number of hydrogen-bond donors (Lipinski definition) is 2. The van der Waals surface area contributed by atoms with E-state index in [0.29, 0.717) is 17.8 Å². The Bertz CT molecular complexity index is 404. The van der Waals surface area contributed by atoms with Gasteiger partial charge in [0.1, 0.15) is 0 Å². The highest BCUT2D eigenvalue weighted by Gasteiger charge is 2.40. The zero-order valence-electron chi connectivity index (χ0n) is 10.7. The second-order valence-electron chi connectivity index (χ2n) is 5.53. The molecule has 3 atom stereocenters. The molecule has 0 aliphatic carbocycles. The molecule has 1 aromatic heterocycles. The second kappa shape index (κ2) is 4.52. The fourth-order valence-electron chi connectivity index (χ4n) is 3.37. The number of aliphatic hydroxyl groups is 2. The number of pyridine rings is 1. The molecule has 18 heavy (non-hydrogen) atoms. The van der Waals surface area contributed by atoms with Gasteiger partial charge in [-0.3, -0.25) is 4.98 Å². The molecule has 4 nitrogen and oxygen atoms in total. The fraction of sp³-hybridized carbons (Fsp3) is 0.643. The highest BCUT2D eigenvalue weighted by Crippen LogP contribution is 2.39. The number of aromatic nitrogens is 1. The number of rotatable bonds is 2. The van der Waals surface area contributed by atoms with Crippen LogP contribution < -0.4 is 4.90 Å². The zero-order chi connectivity index (χ0) is 12.7. The quantitative estimate of drug-likeness (QED) is 0.835. The van der Waals surface area contributed by atoms with Crippen LogP contribution in [0.5, 0.6) is 0 Å². The van der Waals surface area contributed by atoms with Crippen LogP contribution in [0.3, 0.4) is 0 Å². The van der Waals surface area contributed by atoms with Crippen LogP contribution in [-0.2, 0) is 0 Å². The van der Waals surface area contributed by atoms with Gasteiger partial charge in [0, 0.05) is 12.1 Å². The van der Waals surface area contributed by atoms with E-state index in [1.807, 2.05) is 18.3 Å². The van der Waals surface area contributed by atoms with Crippen LogP contribution in [-0.4, -0.2) is 33.4 Å². The molecule has 1 aromatic rings. The minimum Gasteiger partial charge on any atom is -0.393 e. The van der Waals surface area contributed by atoms with Crippen LogP contribution in [0, 0.1) is 0 Å². The van der Waals surface area contributed by atoms with Crippen molar-refractivity contribution in [2.45, 2.75) is 56.9 Å². The van der Waals surface area contributed by atoms with Gasteiger partial charge in [0.25, 0.3) is 0 Å². The van der Waals surface area contributed by atoms with Crippen molar-refractivity contribution in [2.24, 2.45) is 0 Å². The average Bonchev–Trinajstić information content (AvgIpc) is 2.62. The first kappa shape index (κ1) is 11.9. The molecule has 0 saturated carbocycles. The van der Waals surface area contributed by atoms with Crippen LogP contribution in [0.25, 0.3) is 0 Å². The molecule has 2 aliphatic heterocycles. The van der Waals surface area contributed by atoms with E-state index < -0.39 is 6.10 Å². The number of nitrogens with zero attached hydrogens (tertiary/aromatic N) is 2. The third-order valence-electron chi connectivity index (χ3n) is 4.21. The standard InChI is InChI=1S/C14H20N2O2/c1-9(17)14-5-4-12(8-15-14)16-10-2-3-11(16)7-13(18)6-10/h4-5,8-11,13,17-18H,2-3,6-7H2,1H3/t9-,10?,11?,13?/m0/s1. The second-order valence-corrected chi connectivity index (χ2v) is 5.53. The minimum absolute atomic E-state index is 0.136. The summed E-state index contributed by atoms with van der Waals surface area (Å²) >= 11 is 0. The summed E-state index contributed by atoms with van der Waals surface area (Å²) in [7, 11) is 0. The van der Waals surface area contributed by atoms with Crippen LogP contribution in [0.2, 0.25) is 0 Å². The summed E-state index contributed by atoms with van der Waals surface area (Å²) < 4.78 is 0. The maximum Gasteiger partial charge on any atom is 0.0931 e. The van der Waals surface area contributed by atoms with E-state index in [0.717, 1.165) is 18.5 Å². The molecule has 2 fully saturated rings. The third kappa shape index (κ3) is 1.99. The van der Waals surface area contributed by atoms with E-state index in [9.17, 15) is 10.2 Å². The number of piperidine rings is 1. The van der Waals surface area contributed by atoms with Crippen molar-refractivity contribution in [3.05, 3.63) is 24.0 Å². The van der Waals surface area contributed by atoms with Gasteiger partial charge in [0.05, 0.1) is 29.8 Å². The predicted molar refractivity (Wildman–Crippen MR) is 69.4 cm³/mol. The summed E-state index contributed by atoms with van der Waals surface area (Å²) in [6, 6.07) is 4.85. The van der Waals surface area contributed by atoms with Gasteiger partial charge in [-0.25, -0.2) is 0 Å². The van der Waals surface area contributed by atoms with Crippen LogP contribution in [0.4, 0.5) is 5.69 Å². The SMILES string of the molecule is C[C@H](O)c1ccc(N2C3CCC2CC(O)C3)cn1. The average molecular weight is 248 g/mol. The molecule has 0 aromatic carbocycles. The third-order valence-corrected chi connectivity index (χ3v) is 4.21. The van der Waals surface area contributed by atoms with Crippen molar-refractivity contribution < 1.29 is 10.2 Å². The smallest absolute Gasteiger partial charge is 0.0931 e. The normalized spacial score (nSPS) is 32.6. The lowest BCUT2D eigenvalue weighted by Gasteiger charge is -2.38. The summed E-state index contributed by atoms with van der Waals surface area (Å²) in [5, 5.41) is 19.3. The highest BCUT2D eigenvalue weighted by molar-refractivity contribution is 5.49. The molecule has 0 spiro atoms. The monoisotopic (exact) mass is 248 g/mol. The molecule has 3 rings (SSSR count). The van der Waals surface area contributed by atoms with E-state index in [1.54, 1.807) is 6.92 Å². The maximum absolute atomic E-state index is 9.80. The van der Waals surface area contributed by atoms with E-state index in [4.69, 9.17) is 0 Å². The molecule has 2 N–H and O–H groups in total. The Morgan fingerprint density at radius 1 is 1.28 bits per heavy atom. The predicted octanol–water partition coefficient (Wildman–Crippen LogP) is 1.63. The van der Waals surface area contributed by atoms with Crippen LogP contribution in [0.1, 0.15) is 44.4 Å². The summed E-state index contributed by atoms with van der Waals surface area (Å²) in [5.74, 6) is 0. The molecular weight excluding hydrogens is 228 g/mol. The molecule has 2 bridgehead atoms.